The van der Waals surface area contributed by atoms with E-state index in [-0.39, 0.29) is 28.3 Å². The Kier molecular flexibility index (Phi) is 6.24. The molecule has 0 fully saturated rings. The lowest BCUT2D eigenvalue weighted by Gasteiger charge is -2.13. The summed E-state index contributed by atoms with van der Waals surface area (Å²) in [4.78, 5) is 28.0. The summed E-state index contributed by atoms with van der Waals surface area (Å²) in [5.74, 6) is -1.19. The van der Waals surface area contributed by atoms with Gasteiger partial charge in [0.2, 0.25) is 11.8 Å². The van der Waals surface area contributed by atoms with E-state index in [1.165, 1.54) is 23.5 Å². The zero-order valence-electron chi connectivity index (χ0n) is 11.9. The van der Waals surface area contributed by atoms with Crippen LogP contribution >= 0.6 is 46.1 Å². The number of amides is 2. The summed E-state index contributed by atoms with van der Waals surface area (Å²) in [5, 5.41) is 8.35. The number of rotatable bonds is 5. The molecule has 1 unspecified atom stereocenters. The van der Waals surface area contributed by atoms with Crippen molar-refractivity contribution >= 4 is 68.8 Å². The Hall–Kier alpha value is -1.34. The van der Waals surface area contributed by atoms with E-state index in [1.54, 1.807) is 18.5 Å². The van der Waals surface area contributed by atoms with Crippen molar-refractivity contribution in [2.75, 3.05) is 10.6 Å². The second-order valence-corrected chi connectivity index (χ2v) is 6.84. The standard InChI is InChI=1S/C14H12Cl3N3O2S/c1-7(4-12(21)20-14-18-2-3-23-14)13(22)19-11-6-9(16)8(15)5-10(11)17/h2-3,5-7H,4H2,1H3,(H,19,22)(H,18,20,21). The third-order valence-corrected chi connectivity index (χ3v) is 4.61. The maximum atomic E-state index is 12.2. The highest BCUT2D eigenvalue weighted by Gasteiger charge is 2.19. The topological polar surface area (TPSA) is 71.1 Å². The molecular formula is C14H12Cl3N3O2S. The number of carbonyl (C=O) groups excluding carboxylic acids is 2. The van der Waals surface area contributed by atoms with Gasteiger partial charge in [0.05, 0.1) is 20.8 Å². The predicted octanol–water partition coefficient (Wildman–Crippen LogP) is 4.71. The summed E-state index contributed by atoms with van der Waals surface area (Å²) < 4.78 is 0. The average Bonchev–Trinajstić information content (AvgIpc) is 2.97. The van der Waals surface area contributed by atoms with Crippen molar-refractivity contribution in [1.29, 1.82) is 0 Å². The molecule has 0 aliphatic rings. The highest BCUT2D eigenvalue weighted by molar-refractivity contribution is 7.13. The van der Waals surface area contributed by atoms with Crippen molar-refractivity contribution in [3.05, 3.63) is 38.8 Å². The first kappa shape index (κ1) is 18.0. The van der Waals surface area contributed by atoms with Gasteiger partial charge in [0, 0.05) is 23.9 Å². The molecule has 2 rings (SSSR count). The molecule has 0 radical (unpaired) electrons. The summed E-state index contributed by atoms with van der Waals surface area (Å²) in [5.41, 5.74) is 0.346. The van der Waals surface area contributed by atoms with E-state index in [1.807, 2.05) is 0 Å². The summed E-state index contributed by atoms with van der Waals surface area (Å²) in [6.07, 6.45) is 1.60. The maximum absolute atomic E-state index is 12.2. The van der Waals surface area contributed by atoms with Crippen LogP contribution < -0.4 is 10.6 Å². The molecule has 2 N–H and O–H groups in total. The van der Waals surface area contributed by atoms with Crippen LogP contribution in [0.4, 0.5) is 10.8 Å². The zero-order valence-corrected chi connectivity index (χ0v) is 15.0. The second kappa shape index (κ2) is 7.97. The average molecular weight is 393 g/mol. The summed E-state index contributed by atoms with van der Waals surface area (Å²) in [6.45, 7) is 1.64. The first-order valence-electron chi connectivity index (χ1n) is 6.51. The molecule has 23 heavy (non-hydrogen) atoms. The van der Waals surface area contributed by atoms with Gasteiger partial charge in [0.25, 0.3) is 0 Å². The van der Waals surface area contributed by atoms with Crippen LogP contribution in [-0.4, -0.2) is 16.8 Å². The van der Waals surface area contributed by atoms with Crippen LogP contribution in [0.3, 0.4) is 0 Å². The fourth-order valence-electron chi connectivity index (χ4n) is 1.70. The quantitative estimate of drug-likeness (QED) is 0.724. The molecule has 1 aromatic carbocycles. The van der Waals surface area contributed by atoms with Crippen molar-refractivity contribution in [1.82, 2.24) is 4.98 Å². The Balaban J connectivity index is 1.95. The van der Waals surface area contributed by atoms with Gasteiger partial charge in [-0.1, -0.05) is 41.7 Å². The van der Waals surface area contributed by atoms with Crippen molar-refractivity contribution in [3.8, 4) is 0 Å². The van der Waals surface area contributed by atoms with E-state index in [4.69, 9.17) is 34.8 Å². The zero-order chi connectivity index (χ0) is 17.0. The summed E-state index contributed by atoms with van der Waals surface area (Å²) >= 11 is 19.0. The van der Waals surface area contributed by atoms with Crippen LogP contribution in [-0.2, 0) is 9.59 Å². The van der Waals surface area contributed by atoms with Gasteiger partial charge in [-0.2, -0.15) is 0 Å². The Bertz CT molecular complexity index is 722. The SMILES string of the molecule is CC(CC(=O)Nc1nccs1)C(=O)Nc1cc(Cl)c(Cl)cc1Cl. The van der Waals surface area contributed by atoms with Crippen LogP contribution in [0.25, 0.3) is 0 Å². The third-order valence-electron chi connectivity index (χ3n) is 2.89. The van der Waals surface area contributed by atoms with Gasteiger partial charge in [-0.3, -0.25) is 9.59 Å². The van der Waals surface area contributed by atoms with E-state index in [2.05, 4.69) is 15.6 Å². The van der Waals surface area contributed by atoms with Crippen LogP contribution in [0, 0.1) is 5.92 Å². The first-order chi connectivity index (χ1) is 10.9. The molecular weight excluding hydrogens is 381 g/mol. The molecule has 0 bridgehead atoms. The number of benzene rings is 1. The van der Waals surface area contributed by atoms with Crippen LogP contribution in [0.2, 0.25) is 15.1 Å². The number of nitrogens with zero attached hydrogens (tertiary/aromatic N) is 1. The maximum Gasteiger partial charge on any atom is 0.227 e. The molecule has 122 valence electrons. The minimum atomic E-state index is -0.555. The number of nitrogens with one attached hydrogen (secondary N) is 2. The molecule has 0 aliphatic carbocycles. The minimum absolute atomic E-state index is 0.0182. The lowest BCUT2D eigenvalue weighted by Crippen LogP contribution is -2.25. The van der Waals surface area contributed by atoms with Gasteiger partial charge in [0.1, 0.15) is 0 Å². The van der Waals surface area contributed by atoms with Gasteiger partial charge in [-0.25, -0.2) is 4.98 Å². The van der Waals surface area contributed by atoms with E-state index in [0.29, 0.717) is 15.8 Å². The Morgan fingerprint density at radius 2 is 1.87 bits per heavy atom. The molecule has 1 atom stereocenters. The van der Waals surface area contributed by atoms with E-state index in [9.17, 15) is 9.59 Å². The summed E-state index contributed by atoms with van der Waals surface area (Å²) in [7, 11) is 0. The predicted molar refractivity (Wildman–Crippen MR) is 94.6 cm³/mol. The molecule has 0 spiro atoms. The van der Waals surface area contributed by atoms with Gasteiger partial charge in [-0.15, -0.1) is 11.3 Å². The normalized spacial score (nSPS) is 11.8. The highest BCUT2D eigenvalue weighted by Crippen LogP contribution is 2.32. The minimum Gasteiger partial charge on any atom is -0.324 e. The van der Waals surface area contributed by atoms with Crippen molar-refractivity contribution < 1.29 is 9.59 Å². The van der Waals surface area contributed by atoms with E-state index >= 15 is 0 Å². The number of anilines is 2. The van der Waals surface area contributed by atoms with Gasteiger partial charge < -0.3 is 10.6 Å². The van der Waals surface area contributed by atoms with Crippen LogP contribution in [0.15, 0.2) is 23.7 Å². The van der Waals surface area contributed by atoms with Gasteiger partial charge in [-0.05, 0) is 12.1 Å². The van der Waals surface area contributed by atoms with Crippen molar-refractivity contribution in [3.63, 3.8) is 0 Å². The molecule has 5 nitrogen and oxygen atoms in total. The molecule has 2 amide bonds. The van der Waals surface area contributed by atoms with E-state index in [0.717, 1.165) is 0 Å². The molecule has 0 aliphatic heterocycles. The third kappa shape index (κ3) is 5.07. The Labute approximate surface area is 152 Å². The largest absolute Gasteiger partial charge is 0.324 e. The fraction of sp³-hybridized carbons (Fsp3) is 0.214. The highest BCUT2D eigenvalue weighted by atomic mass is 35.5. The number of thiazole rings is 1. The second-order valence-electron chi connectivity index (χ2n) is 4.73. The molecule has 1 aromatic heterocycles. The fourth-order valence-corrected chi connectivity index (χ4v) is 2.84. The number of hydrogen-bond acceptors (Lipinski definition) is 4. The van der Waals surface area contributed by atoms with E-state index < -0.39 is 5.92 Å². The molecule has 2 aromatic rings. The smallest absolute Gasteiger partial charge is 0.227 e. The summed E-state index contributed by atoms with van der Waals surface area (Å²) in [6, 6.07) is 2.91. The van der Waals surface area contributed by atoms with Crippen LogP contribution in [0.1, 0.15) is 13.3 Å². The first-order valence-corrected chi connectivity index (χ1v) is 8.53. The molecule has 9 heteroatoms. The molecule has 0 saturated heterocycles. The molecule has 0 saturated carbocycles. The monoisotopic (exact) mass is 391 g/mol. The number of halogens is 3. The lowest BCUT2D eigenvalue weighted by atomic mass is 10.1. The Morgan fingerprint density at radius 3 is 2.52 bits per heavy atom. The molecule has 1 heterocycles. The Morgan fingerprint density at radius 1 is 1.17 bits per heavy atom. The lowest BCUT2D eigenvalue weighted by molar-refractivity contribution is -0.124. The van der Waals surface area contributed by atoms with Crippen LogP contribution in [0.5, 0.6) is 0 Å². The van der Waals surface area contributed by atoms with Crippen molar-refractivity contribution in [2.24, 2.45) is 5.92 Å². The number of aromatic nitrogens is 1. The number of carbonyl (C=O) groups is 2. The van der Waals surface area contributed by atoms with Crippen molar-refractivity contribution in [2.45, 2.75) is 13.3 Å². The van der Waals surface area contributed by atoms with Gasteiger partial charge in [0.15, 0.2) is 5.13 Å². The number of hydrogen-bond donors (Lipinski definition) is 2. The van der Waals surface area contributed by atoms with Gasteiger partial charge >= 0.3 is 0 Å².